The van der Waals surface area contributed by atoms with Crippen molar-refractivity contribution in [3.8, 4) is 0 Å². The van der Waals surface area contributed by atoms with Crippen LogP contribution in [-0.2, 0) is 4.79 Å². The lowest BCUT2D eigenvalue weighted by molar-refractivity contribution is -0.116. The first-order valence-corrected chi connectivity index (χ1v) is 11.9. The average molecular weight is 414 g/mol. The fourth-order valence-corrected chi connectivity index (χ4v) is 3.92. The molecular formula is C26H39NO3. The van der Waals surface area contributed by atoms with Gasteiger partial charge in [-0.3, -0.25) is 4.79 Å². The highest BCUT2D eigenvalue weighted by Gasteiger charge is 2.06. The summed E-state index contributed by atoms with van der Waals surface area (Å²) in [4.78, 5) is 23.6. The predicted molar refractivity (Wildman–Crippen MR) is 126 cm³/mol. The number of carbonyl (C=O) groups excluding carboxylic acids is 1. The molecule has 1 aromatic carbocycles. The van der Waals surface area contributed by atoms with Gasteiger partial charge in [0.05, 0.1) is 0 Å². The van der Waals surface area contributed by atoms with Gasteiger partial charge in [0.2, 0.25) is 5.91 Å². The predicted octanol–water partition coefficient (Wildman–Crippen LogP) is 7.52. The number of hydrogen-bond acceptors (Lipinski definition) is 3. The van der Waals surface area contributed by atoms with Crippen LogP contribution < -0.4 is 10.9 Å². The quantitative estimate of drug-likeness (QED) is 0.242. The van der Waals surface area contributed by atoms with Crippen LogP contribution in [0.1, 0.15) is 102 Å². The molecule has 0 spiro atoms. The minimum Gasteiger partial charge on any atom is -0.423 e. The molecule has 4 nitrogen and oxygen atoms in total. The molecule has 0 unspecified atom stereocenters. The number of rotatable bonds is 15. The van der Waals surface area contributed by atoms with E-state index in [0.29, 0.717) is 12.0 Å². The standard InChI is InChI=1S/C26H39NO3/c1-3-4-5-6-7-8-9-10-11-12-13-14-15-16-25(28)27-22-17-18-24-23(20-22)21(2)19-26(29)30-24/h17-20H,3-16H2,1-2H3,(H,27,28). The van der Waals surface area contributed by atoms with Gasteiger partial charge in [-0.15, -0.1) is 0 Å². The van der Waals surface area contributed by atoms with Gasteiger partial charge in [0.25, 0.3) is 0 Å². The second kappa shape index (κ2) is 14.0. The average Bonchev–Trinajstić information content (AvgIpc) is 2.72. The molecule has 0 atom stereocenters. The SMILES string of the molecule is CCCCCCCCCCCCCCCC(=O)Nc1ccc2oc(=O)cc(C)c2c1. The Morgan fingerprint density at radius 2 is 1.40 bits per heavy atom. The molecule has 166 valence electrons. The van der Waals surface area contributed by atoms with Crippen LogP contribution in [0.2, 0.25) is 0 Å². The third-order valence-corrected chi connectivity index (χ3v) is 5.74. The lowest BCUT2D eigenvalue weighted by atomic mass is 10.0. The Kier molecular flexibility index (Phi) is 11.3. The Balaban J connectivity index is 1.53. The number of amides is 1. The van der Waals surface area contributed by atoms with Gasteiger partial charge in [0.15, 0.2) is 0 Å². The second-order valence-corrected chi connectivity index (χ2v) is 8.50. The summed E-state index contributed by atoms with van der Waals surface area (Å²) in [6, 6.07) is 6.87. The van der Waals surface area contributed by atoms with E-state index in [1.807, 2.05) is 13.0 Å². The van der Waals surface area contributed by atoms with E-state index in [1.54, 1.807) is 12.1 Å². The molecule has 0 aliphatic heterocycles. The van der Waals surface area contributed by atoms with E-state index in [-0.39, 0.29) is 11.5 Å². The number of fused-ring (bicyclic) bond motifs is 1. The first-order chi connectivity index (χ1) is 14.6. The van der Waals surface area contributed by atoms with Crippen LogP contribution in [0, 0.1) is 6.92 Å². The molecule has 4 heteroatoms. The monoisotopic (exact) mass is 413 g/mol. The molecular weight excluding hydrogens is 374 g/mol. The number of aryl methyl sites for hydroxylation is 1. The van der Waals surface area contributed by atoms with Crippen molar-refractivity contribution in [1.29, 1.82) is 0 Å². The van der Waals surface area contributed by atoms with Gasteiger partial charge in [0, 0.05) is 23.6 Å². The summed E-state index contributed by atoms with van der Waals surface area (Å²) in [5, 5.41) is 3.82. The minimum absolute atomic E-state index is 0.0486. The molecule has 1 N–H and O–H groups in total. The highest BCUT2D eigenvalue weighted by atomic mass is 16.4. The van der Waals surface area contributed by atoms with Gasteiger partial charge in [-0.25, -0.2) is 4.79 Å². The van der Waals surface area contributed by atoms with Crippen molar-refractivity contribution in [1.82, 2.24) is 0 Å². The van der Waals surface area contributed by atoms with Gasteiger partial charge < -0.3 is 9.73 Å². The maximum atomic E-state index is 12.2. The van der Waals surface area contributed by atoms with Crippen molar-refractivity contribution in [2.45, 2.75) is 104 Å². The first kappa shape index (κ1) is 24.2. The van der Waals surface area contributed by atoms with Gasteiger partial charge in [0.1, 0.15) is 5.58 Å². The lowest BCUT2D eigenvalue weighted by Gasteiger charge is -2.07. The number of benzene rings is 1. The Morgan fingerprint density at radius 1 is 0.833 bits per heavy atom. The van der Waals surface area contributed by atoms with E-state index < -0.39 is 0 Å². The molecule has 2 aromatic rings. The van der Waals surface area contributed by atoms with E-state index in [1.165, 1.54) is 76.7 Å². The second-order valence-electron chi connectivity index (χ2n) is 8.50. The smallest absolute Gasteiger partial charge is 0.336 e. The highest BCUT2D eigenvalue weighted by molar-refractivity contribution is 5.93. The molecule has 0 bridgehead atoms. The van der Waals surface area contributed by atoms with Gasteiger partial charge in [-0.2, -0.15) is 0 Å². The molecule has 1 aromatic heterocycles. The topological polar surface area (TPSA) is 59.3 Å². The van der Waals surface area contributed by atoms with E-state index >= 15 is 0 Å². The Hall–Kier alpha value is -2.10. The Bertz CT molecular complexity index is 825. The minimum atomic E-state index is -0.348. The lowest BCUT2D eigenvalue weighted by Crippen LogP contribution is -2.11. The highest BCUT2D eigenvalue weighted by Crippen LogP contribution is 2.21. The van der Waals surface area contributed by atoms with E-state index in [9.17, 15) is 9.59 Å². The molecule has 0 radical (unpaired) electrons. The van der Waals surface area contributed by atoms with Gasteiger partial charge >= 0.3 is 5.63 Å². The summed E-state index contributed by atoms with van der Waals surface area (Å²) < 4.78 is 5.19. The summed E-state index contributed by atoms with van der Waals surface area (Å²) >= 11 is 0. The summed E-state index contributed by atoms with van der Waals surface area (Å²) in [7, 11) is 0. The molecule has 1 amide bonds. The van der Waals surface area contributed by atoms with E-state index in [4.69, 9.17) is 4.42 Å². The molecule has 0 aliphatic rings. The molecule has 0 fully saturated rings. The zero-order chi connectivity index (χ0) is 21.6. The molecule has 2 rings (SSSR count). The summed E-state index contributed by atoms with van der Waals surface area (Å²) in [5.41, 5.74) is 1.81. The number of unbranched alkanes of at least 4 members (excludes halogenated alkanes) is 12. The third kappa shape index (κ3) is 9.15. The van der Waals surface area contributed by atoms with Crippen molar-refractivity contribution in [3.63, 3.8) is 0 Å². The van der Waals surface area contributed by atoms with Crippen molar-refractivity contribution < 1.29 is 9.21 Å². The zero-order valence-corrected chi connectivity index (χ0v) is 18.9. The van der Waals surface area contributed by atoms with E-state index in [2.05, 4.69) is 12.2 Å². The Labute approximate surface area is 181 Å². The Morgan fingerprint density at radius 3 is 2.00 bits per heavy atom. The molecule has 0 saturated heterocycles. The number of anilines is 1. The van der Waals surface area contributed by atoms with Crippen molar-refractivity contribution in [2.75, 3.05) is 5.32 Å². The number of carbonyl (C=O) groups is 1. The molecule has 1 heterocycles. The van der Waals surface area contributed by atoms with Crippen LogP contribution >= 0.6 is 0 Å². The normalized spacial score (nSPS) is 11.1. The van der Waals surface area contributed by atoms with Gasteiger partial charge in [-0.1, -0.05) is 84.0 Å². The molecule has 0 saturated carbocycles. The van der Waals surface area contributed by atoms with Crippen LogP contribution in [-0.4, -0.2) is 5.91 Å². The number of nitrogens with one attached hydrogen (secondary N) is 1. The first-order valence-electron chi connectivity index (χ1n) is 11.9. The molecule has 0 aliphatic carbocycles. The maximum absolute atomic E-state index is 12.2. The van der Waals surface area contributed by atoms with Crippen LogP contribution in [0.3, 0.4) is 0 Å². The van der Waals surface area contributed by atoms with Crippen molar-refractivity contribution in [2.24, 2.45) is 0 Å². The summed E-state index contributed by atoms with van der Waals surface area (Å²) in [6.07, 6.45) is 17.5. The largest absolute Gasteiger partial charge is 0.423 e. The fourth-order valence-electron chi connectivity index (χ4n) is 3.92. The fraction of sp³-hybridized carbons (Fsp3) is 0.615. The van der Waals surface area contributed by atoms with Gasteiger partial charge in [-0.05, 0) is 37.1 Å². The number of hydrogen-bond donors (Lipinski definition) is 1. The summed E-state index contributed by atoms with van der Waals surface area (Å²) in [5.74, 6) is 0.0486. The zero-order valence-electron chi connectivity index (χ0n) is 18.9. The maximum Gasteiger partial charge on any atom is 0.336 e. The van der Waals surface area contributed by atoms with Crippen LogP contribution in [0.4, 0.5) is 5.69 Å². The summed E-state index contributed by atoms with van der Waals surface area (Å²) in [6.45, 7) is 4.14. The van der Waals surface area contributed by atoms with Crippen LogP contribution in [0.15, 0.2) is 33.5 Å². The van der Waals surface area contributed by atoms with Crippen LogP contribution in [0.5, 0.6) is 0 Å². The molecule has 30 heavy (non-hydrogen) atoms. The van der Waals surface area contributed by atoms with Crippen LogP contribution in [0.25, 0.3) is 11.0 Å². The van der Waals surface area contributed by atoms with E-state index in [0.717, 1.165) is 29.5 Å². The third-order valence-electron chi connectivity index (χ3n) is 5.74. The van der Waals surface area contributed by atoms with Crippen molar-refractivity contribution in [3.05, 3.63) is 40.2 Å². The van der Waals surface area contributed by atoms with Crippen molar-refractivity contribution >= 4 is 22.6 Å².